The summed E-state index contributed by atoms with van der Waals surface area (Å²) in [4.78, 5) is 27.7. The van der Waals surface area contributed by atoms with E-state index in [0.29, 0.717) is 57.5 Å². The molecule has 1 N–H and O–H groups in total. The fourth-order valence-corrected chi connectivity index (χ4v) is 6.07. The standard InChI is InChI=1S/C27H37N3O4S/c1-5-30(6-2)35(33,34)24-18-20(3)21(4)25(19-24)28-27(32)23-14-16-29(17-15-23)26(31)13-12-22-10-8-7-9-11-22/h7-11,18-19,23H,5-6,12-17H2,1-4H3,(H,28,32). The van der Waals surface area contributed by atoms with Crippen LogP contribution >= 0.6 is 0 Å². The van der Waals surface area contributed by atoms with E-state index in [0.717, 1.165) is 16.7 Å². The summed E-state index contributed by atoms with van der Waals surface area (Å²) in [6.45, 7) is 9.23. The maximum atomic E-state index is 13.1. The lowest BCUT2D eigenvalue weighted by molar-refractivity contribution is -0.134. The molecule has 1 heterocycles. The van der Waals surface area contributed by atoms with E-state index in [1.54, 1.807) is 12.1 Å². The highest BCUT2D eigenvalue weighted by molar-refractivity contribution is 7.89. The van der Waals surface area contributed by atoms with Crippen molar-refractivity contribution >= 4 is 27.5 Å². The fourth-order valence-electron chi connectivity index (χ4n) is 4.50. The minimum atomic E-state index is -3.63. The first-order chi connectivity index (χ1) is 16.7. The molecule has 35 heavy (non-hydrogen) atoms. The molecule has 8 heteroatoms. The van der Waals surface area contributed by atoms with Crippen molar-refractivity contribution in [3.63, 3.8) is 0 Å². The van der Waals surface area contributed by atoms with Crippen molar-refractivity contribution in [3.8, 4) is 0 Å². The van der Waals surface area contributed by atoms with Gasteiger partial charge in [-0.2, -0.15) is 4.31 Å². The van der Waals surface area contributed by atoms with Crippen LogP contribution in [0.5, 0.6) is 0 Å². The third-order valence-electron chi connectivity index (χ3n) is 6.93. The number of nitrogens with zero attached hydrogens (tertiary/aromatic N) is 2. The number of carbonyl (C=O) groups is 2. The maximum absolute atomic E-state index is 13.1. The molecule has 0 aliphatic carbocycles. The molecule has 1 aliphatic heterocycles. The summed E-state index contributed by atoms with van der Waals surface area (Å²) < 4.78 is 27.4. The van der Waals surface area contributed by atoms with Crippen LogP contribution in [0.4, 0.5) is 5.69 Å². The normalized spacial score (nSPS) is 14.8. The first-order valence-corrected chi connectivity index (χ1v) is 13.8. The number of likely N-dealkylation sites (tertiary alicyclic amines) is 1. The van der Waals surface area contributed by atoms with E-state index in [1.165, 1.54) is 4.31 Å². The quantitative estimate of drug-likeness (QED) is 0.562. The van der Waals surface area contributed by atoms with Gasteiger partial charge in [-0.05, 0) is 61.9 Å². The Bertz CT molecular complexity index is 1140. The molecule has 0 spiro atoms. The van der Waals surface area contributed by atoms with Gasteiger partial charge in [-0.3, -0.25) is 9.59 Å². The van der Waals surface area contributed by atoms with Crippen molar-refractivity contribution in [1.82, 2.24) is 9.21 Å². The molecule has 0 unspecified atom stereocenters. The van der Waals surface area contributed by atoms with Crippen LogP contribution in [0.25, 0.3) is 0 Å². The second-order valence-corrected chi connectivity index (χ2v) is 11.1. The van der Waals surface area contributed by atoms with Crippen LogP contribution in [0.15, 0.2) is 47.4 Å². The summed E-state index contributed by atoms with van der Waals surface area (Å²) in [6, 6.07) is 13.2. The van der Waals surface area contributed by atoms with E-state index in [4.69, 9.17) is 0 Å². The number of piperidine rings is 1. The Balaban J connectivity index is 1.61. The predicted octanol–water partition coefficient (Wildman–Crippen LogP) is 4.14. The lowest BCUT2D eigenvalue weighted by Crippen LogP contribution is -2.41. The monoisotopic (exact) mass is 499 g/mol. The van der Waals surface area contributed by atoms with Crippen LogP contribution in [0.2, 0.25) is 0 Å². The minimum Gasteiger partial charge on any atom is -0.343 e. The summed E-state index contributed by atoms with van der Waals surface area (Å²) in [6.07, 6.45) is 2.37. The Morgan fingerprint density at radius 3 is 2.26 bits per heavy atom. The van der Waals surface area contributed by atoms with Crippen LogP contribution < -0.4 is 5.32 Å². The third kappa shape index (κ3) is 6.49. The molecular weight excluding hydrogens is 462 g/mol. The molecule has 2 aromatic carbocycles. The number of aryl methyl sites for hydroxylation is 2. The number of benzene rings is 2. The average molecular weight is 500 g/mol. The van der Waals surface area contributed by atoms with Gasteiger partial charge in [-0.25, -0.2) is 8.42 Å². The smallest absolute Gasteiger partial charge is 0.243 e. The molecule has 3 rings (SSSR count). The highest BCUT2D eigenvalue weighted by atomic mass is 32.2. The van der Waals surface area contributed by atoms with Gasteiger partial charge in [0.2, 0.25) is 21.8 Å². The van der Waals surface area contributed by atoms with Gasteiger partial charge >= 0.3 is 0 Å². The van der Waals surface area contributed by atoms with Gasteiger partial charge in [0.15, 0.2) is 0 Å². The molecule has 1 aliphatic rings. The molecule has 2 aromatic rings. The van der Waals surface area contributed by atoms with Crippen molar-refractivity contribution in [1.29, 1.82) is 0 Å². The van der Waals surface area contributed by atoms with Crippen molar-refractivity contribution < 1.29 is 18.0 Å². The molecule has 0 atom stereocenters. The Labute approximate surface area is 209 Å². The van der Waals surface area contributed by atoms with Crippen molar-refractivity contribution in [3.05, 3.63) is 59.2 Å². The van der Waals surface area contributed by atoms with Gasteiger partial charge in [0.25, 0.3) is 0 Å². The second-order valence-electron chi connectivity index (χ2n) is 9.13. The molecule has 0 bridgehead atoms. The van der Waals surface area contributed by atoms with Crippen LogP contribution in [0, 0.1) is 19.8 Å². The minimum absolute atomic E-state index is 0.119. The topological polar surface area (TPSA) is 86.8 Å². The van der Waals surface area contributed by atoms with Crippen molar-refractivity contribution in [2.24, 2.45) is 5.92 Å². The first-order valence-electron chi connectivity index (χ1n) is 12.4. The number of hydrogen-bond donors (Lipinski definition) is 1. The molecule has 190 valence electrons. The van der Waals surface area contributed by atoms with Gasteiger partial charge in [-0.1, -0.05) is 44.2 Å². The molecule has 2 amide bonds. The molecule has 1 fully saturated rings. The lowest BCUT2D eigenvalue weighted by Gasteiger charge is -2.31. The Morgan fingerprint density at radius 2 is 1.66 bits per heavy atom. The van der Waals surface area contributed by atoms with Crippen molar-refractivity contribution in [2.45, 2.75) is 58.3 Å². The van der Waals surface area contributed by atoms with Crippen LogP contribution in [0.1, 0.15) is 49.8 Å². The third-order valence-corrected chi connectivity index (χ3v) is 8.96. The molecule has 7 nitrogen and oxygen atoms in total. The van der Waals surface area contributed by atoms with Crippen LogP contribution in [0.3, 0.4) is 0 Å². The summed E-state index contributed by atoms with van der Waals surface area (Å²) in [7, 11) is -3.63. The fraction of sp³-hybridized carbons (Fsp3) is 0.481. The number of amides is 2. The van der Waals surface area contributed by atoms with E-state index in [9.17, 15) is 18.0 Å². The molecule has 0 aromatic heterocycles. The molecule has 0 radical (unpaired) electrons. The highest BCUT2D eigenvalue weighted by Crippen LogP contribution is 2.28. The zero-order chi connectivity index (χ0) is 25.6. The zero-order valence-electron chi connectivity index (χ0n) is 21.2. The van der Waals surface area contributed by atoms with E-state index >= 15 is 0 Å². The second kappa shape index (κ2) is 11.8. The van der Waals surface area contributed by atoms with Crippen LogP contribution in [-0.2, 0) is 26.0 Å². The number of hydrogen-bond acceptors (Lipinski definition) is 4. The predicted molar refractivity (Wildman–Crippen MR) is 139 cm³/mol. The zero-order valence-corrected chi connectivity index (χ0v) is 22.0. The number of rotatable bonds is 9. The Morgan fingerprint density at radius 1 is 1.03 bits per heavy atom. The van der Waals surface area contributed by atoms with Gasteiger partial charge in [-0.15, -0.1) is 0 Å². The maximum Gasteiger partial charge on any atom is 0.243 e. The number of sulfonamides is 1. The van der Waals surface area contributed by atoms with E-state index in [1.807, 2.05) is 62.9 Å². The number of nitrogens with one attached hydrogen (secondary N) is 1. The molecule has 0 saturated carbocycles. The summed E-state index contributed by atoms with van der Waals surface area (Å²) in [5, 5.41) is 2.97. The Kier molecular flexibility index (Phi) is 9.08. The van der Waals surface area contributed by atoms with Gasteiger partial charge in [0.1, 0.15) is 0 Å². The van der Waals surface area contributed by atoms with Gasteiger partial charge in [0, 0.05) is 44.2 Å². The largest absolute Gasteiger partial charge is 0.343 e. The average Bonchev–Trinajstić information content (AvgIpc) is 2.86. The molecular formula is C27H37N3O4S. The van der Waals surface area contributed by atoms with E-state index in [2.05, 4.69) is 5.32 Å². The summed E-state index contributed by atoms with van der Waals surface area (Å²) >= 11 is 0. The lowest BCUT2D eigenvalue weighted by atomic mass is 9.95. The number of anilines is 1. The Hall–Kier alpha value is -2.71. The highest BCUT2D eigenvalue weighted by Gasteiger charge is 2.28. The van der Waals surface area contributed by atoms with E-state index < -0.39 is 10.0 Å². The summed E-state index contributed by atoms with van der Waals surface area (Å²) in [5.41, 5.74) is 3.34. The number of carbonyl (C=O) groups excluding carboxylic acids is 2. The first kappa shape index (κ1) is 26.9. The molecule has 1 saturated heterocycles. The summed E-state index contributed by atoms with van der Waals surface area (Å²) in [5.74, 6) is -0.217. The SMILES string of the molecule is CCN(CC)S(=O)(=O)c1cc(C)c(C)c(NC(=O)C2CCN(C(=O)CCc3ccccc3)CC2)c1. The van der Waals surface area contributed by atoms with E-state index in [-0.39, 0.29) is 22.6 Å². The van der Waals surface area contributed by atoms with Crippen molar-refractivity contribution in [2.75, 3.05) is 31.5 Å². The van der Waals surface area contributed by atoms with Gasteiger partial charge < -0.3 is 10.2 Å². The van der Waals surface area contributed by atoms with Gasteiger partial charge in [0.05, 0.1) is 4.90 Å². The van der Waals surface area contributed by atoms with Crippen LogP contribution in [-0.4, -0.2) is 55.6 Å².